The van der Waals surface area contributed by atoms with E-state index in [1.165, 1.54) is 6.33 Å². The Bertz CT molecular complexity index is 249. The van der Waals surface area contributed by atoms with Gasteiger partial charge in [-0.2, -0.15) is 4.98 Å². The molecule has 0 bridgehead atoms. The van der Waals surface area contributed by atoms with Crippen LogP contribution in [0.15, 0.2) is 10.9 Å². The highest BCUT2D eigenvalue weighted by Gasteiger charge is 2.17. The highest BCUT2D eigenvalue weighted by molar-refractivity contribution is 4.80. The van der Waals surface area contributed by atoms with Crippen molar-refractivity contribution in [3.05, 3.63) is 12.2 Å². The predicted molar refractivity (Wildman–Crippen MR) is 46.8 cm³/mol. The summed E-state index contributed by atoms with van der Waals surface area (Å²) in [6.45, 7) is 2.74. The van der Waals surface area contributed by atoms with Crippen molar-refractivity contribution < 1.29 is 4.52 Å². The summed E-state index contributed by atoms with van der Waals surface area (Å²) in [7, 11) is 0. The second-order valence-electron chi connectivity index (χ2n) is 3.47. The maximum atomic E-state index is 5.85. The number of nitrogens with two attached hydrogens (primary N) is 1. The van der Waals surface area contributed by atoms with Crippen molar-refractivity contribution in [3.8, 4) is 0 Å². The van der Waals surface area contributed by atoms with Crippen LogP contribution >= 0.6 is 0 Å². The summed E-state index contributed by atoms with van der Waals surface area (Å²) in [6, 6.07) is 0.302. The van der Waals surface area contributed by atoms with Crippen molar-refractivity contribution in [3.63, 3.8) is 0 Å². The first kappa shape index (κ1) is 8.65. The smallest absolute Gasteiger partial charge is 0.240 e. The Morgan fingerprint density at radius 1 is 1.69 bits per heavy atom. The van der Waals surface area contributed by atoms with E-state index < -0.39 is 0 Å². The van der Waals surface area contributed by atoms with Crippen LogP contribution in [0.25, 0.3) is 0 Å². The second-order valence-corrected chi connectivity index (χ2v) is 3.47. The number of hydrogen-bond acceptors (Lipinski definition) is 5. The molecule has 0 unspecified atom stereocenters. The van der Waals surface area contributed by atoms with Crippen LogP contribution in [0.3, 0.4) is 0 Å². The molecule has 0 saturated carbocycles. The molecule has 2 rings (SSSR count). The van der Waals surface area contributed by atoms with Gasteiger partial charge < -0.3 is 10.3 Å². The minimum Gasteiger partial charge on any atom is -0.338 e. The third kappa shape index (κ3) is 2.26. The Labute approximate surface area is 76.9 Å². The van der Waals surface area contributed by atoms with E-state index in [1.54, 1.807) is 0 Å². The molecule has 1 aromatic heterocycles. The number of piperidine rings is 1. The Morgan fingerprint density at radius 2 is 2.62 bits per heavy atom. The van der Waals surface area contributed by atoms with E-state index in [1.807, 2.05) is 0 Å². The number of nitrogens with zero attached hydrogens (tertiary/aromatic N) is 3. The molecule has 1 aromatic rings. The number of aromatic nitrogens is 2. The van der Waals surface area contributed by atoms with Crippen LogP contribution in [0.4, 0.5) is 0 Å². The summed E-state index contributed by atoms with van der Waals surface area (Å²) in [6.07, 6.45) is 3.72. The predicted octanol–water partition coefficient (Wildman–Crippen LogP) is -0.00730. The van der Waals surface area contributed by atoms with E-state index in [0.29, 0.717) is 11.9 Å². The van der Waals surface area contributed by atoms with E-state index in [2.05, 4.69) is 15.0 Å². The molecule has 13 heavy (non-hydrogen) atoms. The van der Waals surface area contributed by atoms with Gasteiger partial charge in [-0.05, 0) is 19.4 Å². The van der Waals surface area contributed by atoms with Crippen molar-refractivity contribution in [1.82, 2.24) is 15.0 Å². The van der Waals surface area contributed by atoms with Crippen LogP contribution in [0.2, 0.25) is 0 Å². The fourth-order valence-electron chi connectivity index (χ4n) is 1.69. The Hall–Kier alpha value is -0.940. The number of likely N-dealkylation sites (tertiary alicyclic amines) is 1. The molecule has 0 aromatic carbocycles. The van der Waals surface area contributed by atoms with Crippen LogP contribution in [0.5, 0.6) is 0 Å². The van der Waals surface area contributed by atoms with E-state index >= 15 is 0 Å². The van der Waals surface area contributed by atoms with Crippen LogP contribution in [-0.4, -0.2) is 34.2 Å². The van der Waals surface area contributed by atoms with E-state index in [0.717, 1.165) is 32.5 Å². The van der Waals surface area contributed by atoms with Gasteiger partial charge >= 0.3 is 0 Å². The lowest BCUT2D eigenvalue weighted by Gasteiger charge is -2.29. The molecule has 1 atom stereocenters. The fraction of sp³-hybridized carbons (Fsp3) is 0.750. The molecule has 5 heteroatoms. The van der Waals surface area contributed by atoms with Crippen molar-refractivity contribution in [2.24, 2.45) is 5.73 Å². The standard InChI is InChI=1S/C8H14N4O/c9-7-2-1-3-12(4-7)5-8-10-6-11-13-8/h6-7H,1-5,9H2/t7-/m1/s1. The highest BCUT2D eigenvalue weighted by atomic mass is 16.5. The van der Waals surface area contributed by atoms with Crippen molar-refractivity contribution in [2.45, 2.75) is 25.4 Å². The monoisotopic (exact) mass is 182 g/mol. The summed E-state index contributed by atoms with van der Waals surface area (Å²) in [5, 5.41) is 3.56. The van der Waals surface area contributed by atoms with Crippen molar-refractivity contribution >= 4 is 0 Å². The van der Waals surface area contributed by atoms with E-state index in [-0.39, 0.29) is 0 Å². The van der Waals surface area contributed by atoms with Gasteiger partial charge in [0.25, 0.3) is 0 Å². The van der Waals surface area contributed by atoms with Gasteiger partial charge in [-0.15, -0.1) is 0 Å². The number of rotatable bonds is 2. The lowest BCUT2D eigenvalue weighted by molar-refractivity contribution is 0.178. The second kappa shape index (κ2) is 3.85. The largest absolute Gasteiger partial charge is 0.338 e. The highest BCUT2D eigenvalue weighted by Crippen LogP contribution is 2.10. The van der Waals surface area contributed by atoms with Gasteiger partial charge in [0.05, 0.1) is 6.54 Å². The molecule has 0 amide bonds. The Balaban J connectivity index is 1.87. The molecule has 2 N–H and O–H groups in total. The fourth-order valence-corrected chi connectivity index (χ4v) is 1.69. The Kier molecular flexibility index (Phi) is 2.56. The minimum atomic E-state index is 0.302. The first-order valence-corrected chi connectivity index (χ1v) is 4.58. The molecule has 1 aliphatic rings. The summed E-state index contributed by atoms with van der Waals surface area (Å²) in [4.78, 5) is 6.23. The topological polar surface area (TPSA) is 68.2 Å². The number of hydrogen-bond donors (Lipinski definition) is 1. The molecule has 1 aliphatic heterocycles. The van der Waals surface area contributed by atoms with Gasteiger partial charge in [0.2, 0.25) is 5.89 Å². The molecule has 72 valence electrons. The first-order chi connectivity index (χ1) is 6.34. The summed E-state index contributed by atoms with van der Waals surface area (Å²) in [5.74, 6) is 0.675. The van der Waals surface area contributed by atoms with Gasteiger partial charge in [-0.1, -0.05) is 5.16 Å². The quantitative estimate of drug-likeness (QED) is 0.696. The van der Waals surface area contributed by atoms with E-state index in [9.17, 15) is 0 Å². The molecule has 2 heterocycles. The molecule has 0 spiro atoms. The van der Waals surface area contributed by atoms with Gasteiger partial charge in [0, 0.05) is 12.6 Å². The molecule has 1 fully saturated rings. The molecule has 5 nitrogen and oxygen atoms in total. The van der Waals surface area contributed by atoms with Crippen LogP contribution in [0, 0.1) is 0 Å². The zero-order chi connectivity index (χ0) is 9.10. The maximum absolute atomic E-state index is 5.85. The molecule has 0 aliphatic carbocycles. The van der Waals surface area contributed by atoms with E-state index in [4.69, 9.17) is 10.3 Å². The molecule has 1 saturated heterocycles. The van der Waals surface area contributed by atoms with Gasteiger partial charge in [-0.25, -0.2) is 0 Å². The van der Waals surface area contributed by atoms with Crippen LogP contribution in [-0.2, 0) is 6.54 Å². The average Bonchev–Trinajstić information content (AvgIpc) is 2.57. The molecule has 0 radical (unpaired) electrons. The van der Waals surface area contributed by atoms with Crippen molar-refractivity contribution in [2.75, 3.05) is 13.1 Å². The zero-order valence-electron chi connectivity index (χ0n) is 7.52. The lowest BCUT2D eigenvalue weighted by Crippen LogP contribution is -2.42. The molecular weight excluding hydrogens is 168 g/mol. The molecular formula is C8H14N4O. The average molecular weight is 182 g/mol. The summed E-state index contributed by atoms with van der Waals surface area (Å²) in [5.41, 5.74) is 5.85. The summed E-state index contributed by atoms with van der Waals surface area (Å²) < 4.78 is 4.93. The maximum Gasteiger partial charge on any atom is 0.240 e. The summed E-state index contributed by atoms with van der Waals surface area (Å²) >= 11 is 0. The van der Waals surface area contributed by atoms with Gasteiger partial charge in [-0.3, -0.25) is 4.90 Å². The van der Waals surface area contributed by atoms with Gasteiger partial charge in [0.15, 0.2) is 6.33 Å². The Morgan fingerprint density at radius 3 is 3.31 bits per heavy atom. The zero-order valence-corrected chi connectivity index (χ0v) is 7.52. The third-order valence-electron chi connectivity index (χ3n) is 2.31. The minimum absolute atomic E-state index is 0.302. The SMILES string of the molecule is N[C@@H]1CCCN(Cc2ncno2)C1. The van der Waals surface area contributed by atoms with Crippen LogP contribution in [0.1, 0.15) is 18.7 Å². The first-order valence-electron chi connectivity index (χ1n) is 4.58. The van der Waals surface area contributed by atoms with Crippen molar-refractivity contribution in [1.29, 1.82) is 0 Å². The normalized spacial score (nSPS) is 24.8. The lowest BCUT2D eigenvalue weighted by atomic mass is 10.1. The van der Waals surface area contributed by atoms with Gasteiger partial charge in [0.1, 0.15) is 0 Å². The van der Waals surface area contributed by atoms with Crippen LogP contribution < -0.4 is 5.73 Å². The third-order valence-corrected chi connectivity index (χ3v) is 2.31.